The Bertz CT molecular complexity index is 1400. The maximum absolute atomic E-state index is 13.3. The Morgan fingerprint density at radius 1 is 1.00 bits per heavy atom. The number of aromatic nitrogens is 1. The van der Waals surface area contributed by atoms with Crippen LogP contribution in [0.5, 0.6) is 0 Å². The first-order valence-corrected chi connectivity index (χ1v) is 12.4. The van der Waals surface area contributed by atoms with Gasteiger partial charge in [0.15, 0.2) is 0 Å². The Kier molecular flexibility index (Phi) is 9.23. The Labute approximate surface area is 229 Å². The lowest BCUT2D eigenvalue weighted by Gasteiger charge is -2.25. The van der Waals surface area contributed by atoms with Gasteiger partial charge in [-0.2, -0.15) is 13.2 Å². The first kappa shape index (κ1) is 30.2. The van der Waals surface area contributed by atoms with E-state index < -0.39 is 47.5 Å². The molecule has 0 aliphatic heterocycles. The molecule has 0 aliphatic rings. The number of alkyl halides is 3. The van der Waals surface area contributed by atoms with Crippen LogP contribution in [0.3, 0.4) is 0 Å². The fourth-order valence-electron chi connectivity index (χ4n) is 4.31. The predicted molar refractivity (Wildman–Crippen MR) is 143 cm³/mol. The quantitative estimate of drug-likeness (QED) is 0.344. The summed E-state index contributed by atoms with van der Waals surface area (Å²) < 4.78 is 43.8. The summed E-state index contributed by atoms with van der Waals surface area (Å²) in [4.78, 5) is 55.2. The molecule has 214 valence electrons. The lowest BCUT2D eigenvalue weighted by Crippen LogP contribution is -2.53. The first-order valence-electron chi connectivity index (χ1n) is 12.4. The highest BCUT2D eigenvalue weighted by molar-refractivity contribution is 6.07. The summed E-state index contributed by atoms with van der Waals surface area (Å²) in [5, 5.41) is 5.91. The van der Waals surface area contributed by atoms with Gasteiger partial charge in [0.25, 0.3) is 5.91 Å². The van der Waals surface area contributed by atoms with Gasteiger partial charge in [-0.1, -0.05) is 32.0 Å². The Morgan fingerprint density at radius 3 is 2.17 bits per heavy atom. The second kappa shape index (κ2) is 12.2. The van der Waals surface area contributed by atoms with Crippen molar-refractivity contribution in [3.63, 3.8) is 0 Å². The zero-order valence-corrected chi connectivity index (χ0v) is 22.7. The van der Waals surface area contributed by atoms with Crippen LogP contribution >= 0.6 is 0 Å². The van der Waals surface area contributed by atoms with Crippen molar-refractivity contribution in [2.75, 3.05) is 19.1 Å². The molecule has 0 unspecified atom stereocenters. The number of ether oxygens (including phenoxy) is 1. The lowest BCUT2D eigenvalue weighted by molar-refractivity contribution is -0.146. The Balaban J connectivity index is 1.99. The van der Waals surface area contributed by atoms with Crippen LogP contribution < -0.4 is 15.5 Å². The van der Waals surface area contributed by atoms with Crippen molar-refractivity contribution in [3.05, 3.63) is 65.2 Å². The van der Waals surface area contributed by atoms with Crippen LogP contribution in [0.4, 0.5) is 19.0 Å². The molecular formula is C28H31F3N4O5. The number of aromatic amines is 1. The number of rotatable bonds is 9. The summed E-state index contributed by atoms with van der Waals surface area (Å²) in [6.07, 6.45) is -4.61. The maximum Gasteiger partial charge on any atom is 0.416 e. The second-order valence-corrected chi connectivity index (χ2v) is 9.65. The van der Waals surface area contributed by atoms with E-state index in [2.05, 4.69) is 15.6 Å². The zero-order valence-electron chi connectivity index (χ0n) is 22.7. The van der Waals surface area contributed by atoms with Crippen LogP contribution in [0.1, 0.15) is 42.3 Å². The fraction of sp³-hybridized carbons (Fsp3) is 0.357. The molecule has 12 heteroatoms. The fourth-order valence-corrected chi connectivity index (χ4v) is 4.31. The number of nitrogens with one attached hydrogen (secondary N) is 3. The van der Waals surface area contributed by atoms with Gasteiger partial charge in [-0.3, -0.25) is 19.3 Å². The van der Waals surface area contributed by atoms with Gasteiger partial charge in [0.05, 0.1) is 12.7 Å². The summed E-state index contributed by atoms with van der Waals surface area (Å²) in [6, 6.07) is 8.83. The number of fused-ring (bicyclic) bond motifs is 1. The summed E-state index contributed by atoms with van der Waals surface area (Å²) in [6.45, 7) is 4.71. The number of para-hydroxylation sites is 1. The smallest absolute Gasteiger partial charge is 0.416 e. The van der Waals surface area contributed by atoms with Crippen molar-refractivity contribution >= 4 is 40.4 Å². The van der Waals surface area contributed by atoms with E-state index >= 15 is 0 Å². The number of nitrogens with zero attached hydrogens (tertiary/aromatic N) is 1. The Hall–Kier alpha value is -4.35. The van der Waals surface area contributed by atoms with E-state index in [1.165, 1.54) is 26.0 Å². The van der Waals surface area contributed by atoms with Crippen molar-refractivity contribution in [1.82, 2.24) is 15.6 Å². The zero-order chi connectivity index (χ0) is 29.8. The van der Waals surface area contributed by atoms with Crippen molar-refractivity contribution in [2.45, 2.75) is 45.5 Å². The molecule has 0 radical (unpaired) electrons. The van der Waals surface area contributed by atoms with Crippen LogP contribution in [0.25, 0.3) is 10.9 Å². The molecule has 0 aliphatic carbocycles. The number of H-pyrrole nitrogens is 1. The number of benzene rings is 2. The molecule has 1 aromatic heterocycles. The van der Waals surface area contributed by atoms with E-state index in [9.17, 15) is 32.3 Å². The monoisotopic (exact) mass is 560 g/mol. The summed E-state index contributed by atoms with van der Waals surface area (Å²) in [5.41, 5.74) is 0.283. The van der Waals surface area contributed by atoms with E-state index in [1.807, 2.05) is 0 Å². The molecule has 40 heavy (non-hydrogen) atoms. The van der Waals surface area contributed by atoms with Gasteiger partial charge >= 0.3 is 12.1 Å². The molecule has 9 nitrogen and oxygen atoms in total. The van der Waals surface area contributed by atoms with Gasteiger partial charge in [-0.25, -0.2) is 4.79 Å². The van der Waals surface area contributed by atoms with Crippen LogP contribution in [0, 0.1) is 5.92 Å². The molecular weight excluding hydrogens is 529 g/mol. The SMILES string of the molecule is COC(=O)[C@@H](NC(=O)[C@H](Cc1c(N(C)C(=O)c2ccc(C(F)(F)F)cc2)[nH]c2ccccc12)NC(C)=O)C(C)C. The number of esters is 1. The largest absolute Gasteiger partial charge is 0.467 e. The van der Waals surface area contributed by atoms with Gasteiger partial charge in [-0.05, 0) is 36.2 Å². The maximum atomic E-state index is 13.3. The normalized spacial score (nSPS) is 13.0. The third-order valence-corrected chi connectivity index (χ3v) is 6.41. The number of anilines is 1. The molecule has 0 saturated heterocycles. The molecule has 0 fully saturated rings. The van der Waals surface area contributed by atoms with Crippen molar-refractivity contribution in [2.24, 2.45) is 5.92 Å². The van der Waals surface area contributed by atoms with Gasteiger partial charge in [-0.15, -0.1) is 0 Å². The van der Waals surface area contributed by atoms with Gasteiger partial charge < -0.3 is 20.4 Å². The minimum absolute atomic E-state index is 0.0223. The molecule has 3 amide bonds. The summed E-state index contributed by atoms with van der Waals surface area (Å²) >= 11 is 0. The minimum Gasteiger partial charge on any atom is -0.467 e. The average molecular weight is 561 g/mol. The number of methoxy groups -OCH3 is 1. The van der Waals surface area contributed by atoms with Crippen molar-refractivity contribution in [1.29, 1.82) is 0 Å². The minimum atomic E-state index is -4.54. The number of hydrogen-bond donors (Lipinski definition) is 3. The van der Waals surface area contributed by atoms with Crippen LogP contribution in [0.15, 0.2) is 48.5 Å². The average Bonchev–Trinajstić information content (AvgIpc) is 3.27. The third-order valence-electron chi connectivity index (χ3n) is 6.41. The third kappa shape index (κ3) is 6.80. The lowest BCUT2D eigenvalue weighted by atomic mass is 10.0. The molecule has 3 rings (SSSR count). The van der Waals surface area contributed by atoms with Crippen LogP contribution in [-0.4, -0.2) is 54.9 Å². The molecule has 2 atom stereocenters. The number of amides is 3. The van der Waals surface area contributed by atoms with Crippen LogP contribution in [-0.2, 0) is 31.7 Å². The predicted octanol–water partition coefficient (Wildman–Crippen LogP) is 3.82. The highest BCUT2D eigenvalue weighted by atomic mass is 19.4. The van der Waals surface area contributed by atoms with Gasteiger partial charge in [0.2, 0.25) is 11.8 Å². The van der Waals surface area contributed by atoms with Gasteiger partial charge in [0, 0.05) is 42.4 Å². The molecule has 0 saturated carbocycles. The van der Waals surface area contributed by atoms with E-state index in [0.717, 1.165) is 24.3 Å². The van der Waals surface area contributed by atoms with Crippen molar-refractivity contribution < 1.29 is 37.1 Å². The van der Waals surface area contributed by atoms with Gasteiger partial charge in [0.1, 0.15) is 17.9 Å². The molecule has 2 aromatic carbocycles. The highest BCUT2D eigenvalue weighted by Gasteiger charge is 2.32. The number of carbonyl (C=O) groups is 4. The molecule has 0 bridgehead atoms. The summed E-state index contributed by atoms with van der Waals surface area (Å²) in [5.74, 6) is -2.36. The van der Waals surface area contributed by atoms with E-state index in [0.29, 0.717) is 22.3 Å². The number of hydrogen-bond acceptors (Lipinski definition) is 5. The van der Waals surface area contributed by atoms with E-state index in [4.69, 9.17) is 4.74 Å². The summed E-state index contributed by atoms with van der Waals surface area (Å²) in [7, 11) is 2.66. The van der Waals surface area contributed by atoms with Crippen molar-refractivity contribution in [3.8, 4) is 0 Å². The molecule has 3 aromatic rings. The topological polar surface area (TPSA) is 121 Å². The van der Waals surface area contributed by atoms with E-state index in [1.54, 1.807) is 38.1 Å². The molecule has 0 spiro atoms. The molecule has 1 heterocycles. The highest BCUT2D eigenvalue weighted by Crippen LogP contribution is 2.32. The standard InChI is InChI=1S/C28H31F3N4O5/c1-15(2)23(27(39)40-5)34-25(37)22(32-16(3)36)14-20-19-8-6-7-9-21(19)33-24(20)35(4)26(38)17-10-12-18(13-11-17)28(29,30)31/h6-13,15,22-23,33H,14H2,1-5H3,(H,32,36)(H,34,37)/t22-,23-/m0/s1. The first-order chi connectivity index (χ1) is 18.7. The molecule has 3 N–H and O–H groups in total. The van der Waals surface area contributed by atoms with Crippen LogP contribution in [0.2, 0.25) is 0 Å². The van der Waals surface area contributed by atoms with E-state index in [-0.39, 0.29) is 17.9 Å². The number of carbonyl (C=O) groups excluding carboxylic acids is 4. The second-order valence-electron chi connectivity index (χ2n) is 9.65. The number of halogens is 3. The Morgan fingerprint density at radius 2 is 1.62 bits per heavy atom.